The van der Waals surface area contributed by atoms with Gasteiger partial charge in [-0.2, -0.15) is 21.7 Å². The largest absolute Gasteiger partial charge is 0.367 e. The van der Waals surface area contributed by atoms with Crippen LogP contribution in [0.2, 0.25) is 0 Å². The van der Waals surface area contributed by atoms with Crippen LogP contribution in [0.3, 0.4) is 0 Å². The molecule has 96 valence electrons. The molecule has 1 aliphatic rings. The minimum absolute atomic E-state index is 0.400. The van der Waals surface area contributed by atoms with E-state index >= 15 is 0 Å². The summed E-state index contributed by atoms with van der Waals surface area (Å²) in [5.41, 5.74) is 1.55. The van der Waals surface area contributed by atoms with Crippen molar-refractivity contribution in [1.82, 2.24) is 19.9 Å². The van der Waals surface area contributed by atoms with Gasteiger partial charge < -0.3 is 15.6 Å². The van der Waals surface area contributed by atoms with Crippen LogP contribution in [0.4, 0.5) is 11.8 Å². The molecule has 18 heavy (non-hydrogen) atoms. The number of hydrogen-bond acceptors (Lipinski definition) is 6. The summed E-state index contributed by atoms with van der Waals surface area (Å²) in [7, 11) is 1.81. The zero-order chi connectivity index (χ0) is 12.6. The number of thioether (sulfide) groups is 1. The first kappa shape index (κ1) is 11.6. The van der Waals surface area contributed by atoms with E-state index in [0.717, 1.165) is 17.9 Å². The molecular weight excluding hydrogens is 248 g/mol. The number of fused-ring (bicyclic) bond motifs is 1. The second-order valence-electron chi connectivity index (χ2n) is 4.49. The van der Waals surface area contributed by atoms with Crippen LogP contribution in [-0.4, -0.2) is 44.5 Å². The molecule has 6 nitrogen and oxygen atoms in total. The maximum absolute atomic E-state index is 4.44. The Bertz CT molecular complexity index is 562. The summed E-state index contributed by atoms with van der Waals surface area (Å²) in [6.07, 6.45) is 6.36. The highest BCUT2D eigenvalue weighted by Crippen LogP contribution is 2.47. The van der Waals surface area contributed by atoms with Crippen LogP contribution < -0.4 is 10.6 Å². The molecule has 2 aromatic rings. The van der Waals surface area contributed by atoms with Crippen LogP contribution in [0, 0.1) is 0 Å². The van der Waals surface area contributed by atoms with E-state index in [4.69, 9.17) is 0 Å². The molecule has 2 aromatic heterocycles. The van der Waals surface area contributed by atoms with Crippen LogP contribution in [-0.2, 0) is 0 Å². The predicted molar refractivity (Wildman–Crippen MR) is 75.2 cm³/mol. The first-order valence-electron chi connectivity index (χ1n) is 5.94. The number of imidazole rings is 1. The van der Waals surface area contributed by atoms with E-state index in [2.05, 4.69) is 36.8 Å². The molecule has 0 unspecified atom stereocenters. The fourth-order valence-corrected chi connectivity index (χ4v) is 2.64. The van der Waals surface area contributed by atoms with E-state index in [9.17, 15) is 0 Å². The molecule has 0 aromatic carbocycles. The second-order valence-corrected chi connectivity index (χ2v) is 5.76. The molecule has 0 saturated heterocycles. The summed E-state index contributed by atoms with van der Waals surface area (Å²) in [5.74, 6) is 1.41. The van der Waals surface area contributed by atoms with E-state index in [0.29, 0.717) is 16.3 Å². The van der Waals surface area contributed by atoms with Crippen molar-refractivity contribution in [3.63, 3.8) is 0 Å². The zero-order valence-electron chi connectivity index (χ0n) is 10.4. The quantitative estimate of drug-likeness (QED) is 0.763. The number of aromatic amines is 1. The second kappa shape index (κ2) is 4.31. The number of H-pyrrole nitrogens is 1. The highest BCUT2D eigenvalue weighted by molar-refractivity contribution is 8.00. The Kier molecular flexibility index (Phi) is 2.77. The van der Waals surface area contributed by atoms with Gasteiger partial charge in [0.25, 0.3) is 0 Å². The molecule has 0 bridgehead atoms. The van der Waals surface area contributed by atoms with E-state index in [-0.39, 0.29) is 0 Å². The Hall–Kier alpha value is -1.50. The first-order valence-corrected chi connectivity index (χ1v) is 7.17. The van der Waals surface area contributed by atoms with Crippen LogP contribution >= 0.6 is 11.8 Å². The molecule has 1 saturated carbocycles. The van der Waals surface area contributed by atoms with Gasteiger partial charge in [0.2, 0.25) is 5.95 Å². The van der Waals surface area contributed by atoms with Gasteiger partial charge in [0.05, 0.1) is 6.33 Å². The van der Waals surface area contributed by atoms with Gasteiger partial charge >= 0.3 is 0 Å². The fraction of sp³-hybridized carbons (Fsp3) is 0.545. The van der Waals surface area contributed by atoms with Crippen molar-refractivity contribution in [1.29, 1.82) is 0 Å². The van der Waals surface area contributed by atoms with Gasteiger partial charge in [-0.1, -0.05) is 0 Å². The summed E-state index contributed by atoms with van der Waals surface area (Å²) in [4.78, 5) is 16.0. The van der Waals surface area contributed by atoms with Crippen molar-refractivity contribution in [3.8, 4) is 0 Å². The third-order valence-electron chi connectivity index (χ3n) is 3.33. The number of nitrogens with one attached hydrogen (secondary N) is 3. The van der Waals surface area contributed by atoms with Crippen molar-refractivity contribution in [3.05, 3.63) is 6.33 Å². The average molecular weight is 264 g/mol. The molecule has 0 atom stereocenters. The molecule has 0 radical (unpaired) electrons. The Morgan fingerprint density at radius 2 is 2.28 bits per heavy atom. The van der Waals surface area contributed by atoms with Crippen LogP contribution in [0.5, 0.6) is 0 Å². The van der Waals surface area contributed by atoms with Gasteiger partial charge in [0, 0.05) is 18.3 Å². The highest BCUT2D eigenvalue weighted by Gasteiger charge is 2.41. The van der Waals surface area contributed by atoms with Gasteiger partial charge in [0.1, 0.15) is 5.52 Å². The Morgan fingerprint density at radius 1 is 1.44 bits per heavy atom. The third-order valence-corrected chi connectivity index (χ3v) is 4.75. The van der Waals surface area contributed by atoms with Crippen molar-refractivity contribution in [2.75, 3.05) is 30.5 Å². The summed E-state index contributed by atoms with van der Waals surface area (Å²) < 4.78 is 0.400. The Morgan fingerprint density at radius 3 is 2.94 bits per heavy atom. The molecular formula is C11H16N6S. The lowest BCUT2D eigenvalue weighted by atomic mass is 10.4. The SMILES string of the molecule is CNc1nc(NCC2(SC)CC2)c2[nH]cnc2n1. The minimum Gasteiger partial charge on any atom is -0.367 e. The molecule has 0 spiro atoms. The van der Waals surface area contributed by atoms with Gasteiger partial charge in [-0.15, -0.1) is 0 Å². The monoisotopic (exact) mass is 264 g/mol. The standard InChI is InChI=1S/C11H16N6S/c1-12-10-16-8(7-9(17-10)15-6-14-7)13-5-11(18-2)3-4-11/h6H,3-5H2,1-2H3,(H3,12,13,14,15,16,17). The van der Waals surface area contributed by atoms with Crippen molar-refractivity contribution < 1.29 is 0 Å². The normalized spacial score (nSPS) is 16.8. The molecule has 0 amide bonds. The van der Waals surface area contributed by atoms with Gasteiger partial charge in [-0.3, -0.25) is 0 Å². The van der Waals surface area contributed by atoms with Crippen molar-refractivity contribution in [2.45, 2.75) is 17.6 Å². The number of aromatic nitrogens is 4. The smallest absolute Gasteiger partial charge is 0.226 e. The number of anilines is 2. The molecule has 7 heteroatoms. The van der Waals surface area contributed by atoms with Gasteiger partial charge in [0.15, 0.2) is 11.5 Å². The predicted octanol–water partition coefficient (Wildman–Crippen LogP) is 1.70. The lowest BCUT2D eigenvalue weighted by Gasteiger charge is -2.14. The highest BCUT2D eigenvalue weighted by atomic mass is 32.2. The van der Waals surface area contributed by atoms with Crippen molar-refractivity contribution >= 4 is 34.7 Å². The summed E-state index contributed by atoms with van der Waals surface area (Å²) in [6.45, 7) is 0.933. The van der Waals surface area contributed by atoms with Gasteiger partial charge in [-0.25, -0.2) is 4.98 Å². The Labute approximate surface area is 109 Å². The van der Waals surface area contributed by atoms with Crippen LogP contribution in [0.1, 0.15) is 12.8 Å². The topological polar surface area (TPSA) is 78.5 Å². The summed E-state index contributed by atoms with van der Waals surface area (Å²) in [6, 6.07) is 0. The van der Waals surface area contributed by atoms with Crippen molar-refractivity contribution in [2.24, 2.45) is 0 Å². The first-order chi connectivity index (χ1) is 8.76. The molecule has 2 heterocycles. The molecule has 3 N–H and O–H groups in total. The number of nitrogens with zero attached hydrogens (tertiary/aromatic N) is 3. The number of rotatable bonds is 5. The van der Waals surface area contributed by atoms with E-state index in [1.54, 1.807) is 6.33 Å². The van der Waals surface area contributed by atoms with Gasteiger partial charge in [-0.05, 0) is 19.1 Å². The Balaban J connectivity index is 1.87. The summed E-state index contributed by atoms with van der Waals surface area (Å²) in [5, 5.41) is 6.37. The third kappa shape index (κ3) is 1.98. The fourth-order valence-electron chi connectivity index (χ4n) is 1.91. The molecule has 0 aliphatic heterocycles. The minimum atomic E-state index is 0.400. The van der Waals surface area contributed by atoms with E-state index in [1.807, 2.05) is 18.8 Å². The molecule has 1 aliphatic carbocycles. The van der Waals surface area contributed by atoms with Crippen LogP contribution in [0.25, 0.3) is 11.2 Å². The van der Waals surface area contributed by atoms with E-state index in [1.165, 1.54) is 12.8 Å². The number of hydrogen-bond donors (Lipinski definition) is 3. The lowest BCUT2D eigenvalue weighted by Crippen LogP contribution is -2.18. The molecule has 3 rings (SSSR count). The van der Waals surface area contributed by atoms with E-state index < -0.39 is 0 Å². The molecule has 1 fully saturated rings. The summed E-state index contributed by atoms with van der Waals surface area (Å²) >= 11 is 1.93. The zero-order valence-corrected chi connectivity index (χ0v) is 11.3. The maximum atomic E-state index is 4.44. The maximum Gasteiger partial charge on any atom is 0.226 e. The van der Waals surface area contributed by atoms with Crippen LogP contribution in [0.15, 0.2) is 6.33 Å². The average Bonchev–Trinajstić information content (AvgIpc) is 3.04. The lowest BCUT2D eigenvalue weighted by molar-refractivity contribution is 0.940.